The third kappa shape index (κ3) is 12.8. The first-order chi connectivity index (χ1) is 20.7. The van der Waals surface area contributed by atoms with E-state index in [1.165, 1.54) is 36.2 Å². The second-order valence-electron chi connectivity index (χ2n) is 10.3. The first-order valence-electron chi connectivity index (χ1n) is 13.5. The van der Waals surface area contributed by atoms with Gasteiger partial charge in [0.2, 0.25) is 5.91 Å². The summed E-state index contributed by atoms with van der Waals surface area (Å²) in [6, 6.07) is 14.2. The van der Waals surface area contributed by atoms with Gasteiger partial charge in [0.05, 0.1) is 28.1 Å². The van der Waals surface area contributed by atoms with Crippen LogP contribution in [0.25, 0.3) is 0 Å². The van der Waals surface area contributed by atoms with Crippen molar-refractivity contribution in [2.45, 2.75) is 26.0 Å². The molecule has 3 aromatic carbocycles. The van der Waals surface area contributed by atoms with Gasteiger partial charge in [-0.15, -0.1) is 0 Å². The maximum atomic E-state index is 13.6. The standard InChI is InChI=1S/C30H34F2N4O7S.K/c1-20(2)11-12-36(28(37)17-33-30(39)34-24-8-6-7-21(13-24)19-44(40,41)42)26-9-4-5-10-27(26)43-18-29(38)35(3)25-15-22(31)14-23(32)16-25;/h4-10,13-16,20H,11-12,17-19H2,1-3H3,(H2,33,34,39)(H,40,41,42);/q;+1/p-1. The smallest absolute Gasteiger partial charge is 0.748 e. The van der Waals surface area contributed by atoms with Crippen molar-refractivity contribution in [3.8, 4) is 5.75 Å². The van der Waals surface area contributed by atoms with Crippen LogP contribution in [-0.2, 0) is 25.5 Å². The number of carbonyl (C=O) groups excluding carboxylic acids is 3. The predicted octanol–water partition coefficient (Wildman–Crippen LogP) is 1.26. The van der Waals surface area contributed by atoms with E-state index in [2.05, 4.69) is 10.6 Å². The summed E-state index contributed by atoms with van der Waals surface area (Å²) in [7, 11) is -3.16. The average Bonchev–Trinajstić information content (AvgIpc) is 2.93. The number of anilines is 3. The summed E-state index contributed by atoms with van der Waals surface area (Å²) in [6.07, 6.45) is 0.606. The molecule has 0 aliphatic heterocycles. The predicted molar refractivity (Wildman–Crippen MR) is 160 cm³/mol. The van der Waals surface area contributed by atoms with Crippen LogP contribution < -0.4 is 76.6 Å². The largest absolute Gasteiger partial charge is 1.00 e. The quantitative estimate of drug-likeness (QED) is 0.206. The van der Waals surface area contributed by atoms with Crippen molar-refractivity contribution in [1.82, 2.24) is 5.32 Å². The summed E-state index contributed by atoms with van der Waals surface area (Å²) < 4.78 is 66.2. The fraction of sp³-hybridized carbons (Fsp3) is 0.300. The van der Waals surface area contributed by atoms with Crippen LogP contribution >= 0.6 is 0 Å². The molecule has 0 bridgehead atoms. The molecule has 15 heteroatoms. The molecule has 0 atom stereocenters. The van der Waals surface area contributed by atoms with E-state index >= 15 is 0 Å². The van der Waals surface area contributed by atoms with Gasteiger partial charge < -0.3 is 29.7 Å². The summed E-state index contributed by atoms with van der Waals surface area (Å²) in [6.45, 7) is 3.31. The molecule has 0 aliphatic carbocycles. The van der Waals surface area contributed by atoms with Crippen molar-refractivity contribution in [3.63, 3.8) is 0 Å². The van der Waals surface area contributed by atoms with Gasteiger partial charge in [0.25, 0.3) is 5.91 Å². The van der Waals surface area contributed by atoms with Gasteiger partial charge in [-0.05, 0) is 54.3 Å². The first-order valence-corrected chi connectivity index (χ1v) is 15.1. The first kappa shape index (κ1) is 38.3. The summed E-state index contributed by atoms with van der Waals surface area (Å²) in [4.78, 5) is 41.1. The molecule has 0 heterocycles. The van der Waals surface area contributed by atoms with Gasteiger partial charge in [-0.2, -0.15) is 0 Å². The van der Waals surface area contributed by atoms with E-state index in [4.69, 9.17) is 4.74 Å². The zero-order chi connectivity index (χ0) is 32.4. The molecule has 45 heavy (non-hydrogen) atoms. The van der Waals surface area contributed by atoms with Crippen LogP contribution in [0.5, 0.6) is 5.75 Å². The molecule has 0 spiro atoms. The maximum absolute atomic E-state index is 13.6. The van der Waals surface area contributed by atoms with Crippen LogP contribution in [0.2, 0.25) is 0 Å². The number of nitrogens with zero attached hydrogens (tertiary/aromatic N) is 2. The molecule has 3 aromatic rings. The number of hydrogen-bond donors (Lipinski definition) is 2. The Morgan fingerprint density at radius 1 is 0.956 bits per heavy atom. The third-order valence-corrected chi connectivity index (χ3v) is 6.96. The Labute approximate surface area is 303 Å². The Bertz CT molecular complexity index is 1590. The molecule has 0 aromatic heterocycles. The van der Waals surface area contributed by atoms with Gasteiger partial charge in [-0.25, -0.2) is 22.0 Å². The van der Waals surface area contributed by atoms with Gasteiger partial charge >= 0.3 is 57.4 Å². The minimum atomic E-state index is -4.51. The molecule has 4 amide bonds. The Morgan fingerprint density at radius 3 is 2.27 bits per heavy atom. The van der Waals surface area contributed by atoms with Crippen LogP contribution in [0.4, 0.5) is 30.6 Å². The maximum Gasteiger partial charge on any atom is 1.00 e. The molecule has 0 aliphatic rings. The van der Waals surface area contributed by atoms with Crippen LogP contribution in [0.3, 0.4) is 0 Å². The Balaban J connectivity index is 0.00000705. The molecule has 0 unspecified atom stereocenters. The number of hydrogen-bond acceptors (Lipinski definition) is 7. The minimum Gasteiger partial charge on any atom is -0.748 e. The molecule has 0 radical (unpaired) electrons. The monoisotopic (exact) mass is 670 g/mol. The molecule has 0 saturated carbocycles. The van der Waals surface area contributed by atoms with Crippen molar-refractivity contribution in [3.05, 3.63) is 83.9 Å². The van der Waals surface area contributed by atoms with E-state index in [1.54, 1.807) is 24.3 Å². The van der Waals surface area contributed by atoms with Gasteiger partial charge in [0.1, 0.15) is 17.4 Å². The summed E-state index contributed by atoms with van der Waals surface area (Å²) in [5.41, 5.74) is 0.768. The molecule has 2 N–H and O–H groups in total. The summed E-state index contributed by atoms with van der Waals surface area (Å²) in [5, 5.41) is 4.96. The molecule has 236 valence electrons. The van der Waals surface area contributed by atoms with E-state index in [0.717, 1.165) is 17.0 Å². The molecular weight excluding hydrogens is 638 g/mol. The number of urea groups is 1. The van der Waals surface area contributed by atoms with Crippen molar-refractivity contribution in [1.29, 1.82) is 0 Å². The number of amides is 4. The van der Waals surface area contributed by atoms with E-state index in [0.29, 0.717) is 18.2 Å². The molecule has 3 rings (SSSR count). The Kier molecular flexibility index (Phi) is 15.0. The van der Waals surface area contributed by atoms with E-state index in [1.807, 2.05) is 13.8 Å². The normalized spacial score (nSPS) is 10.9. The second kappa shape index (κ2) is 17.7. The van der Waals surface area contributed by atoms with Crippen molar-refractivity contribution >= 4 is 45.0 Å². The number of likely N-dealkylation sites (N-methyl/N-ethyl adjacent to an activating group) is 1. The molecule has 0 saturated heterocycles. The number of rotatable bonds is 13. The fourth-order valence-electron chi connectivity index (χ4n) is 4.05. The van der Waals surface area contributed by atoms with E-state index in [9.17, 15) is 36.1 Å². The minimum absolute atomic E-state index is 0. The number of nitrogens with one attached hydrogen (secondary N) is 2. The summed E-state index contributed by atoms with van der Waals surface area (Å²) in [5.74, 6) is -3.07. The number of ether oxygens (including phenoxy) is 1. The zero-order valence-electron chi connectivity index (χ0n) is 25.4. The van der Waals surface area contributed by atoms with Crippen molar-refractivity contribution < 1.29 is 92.3 Å². The van der Waals surface area contributed by atoms with Crippen LogP contribution in [-0.4, -0.2) is 57.6 Å². The van der Waals surface area contributed by atoms with Crippen molar-refractivity contribution in [2.75, 3.05) is 41.9 Å². The second-order valence-corrected chi connectivity index (χ2v) is 11.7. The molecular formula is C30H33F2KN4O7S. The Morgan fingerprint density at radius 2 is 1.62 bits per heavy atom. The van der Waals surface area contributed by atoms with Crippen LogP contribution in [0, 0.1) is 17.6 Å². The van der Waals surface area contributed by atoms with Gasteiger partial charge in [0, 0.05) is 31.0 Å². The number of para-hydroxylation sites is 2. The van der Waals surface area contributed by atoms with Crippen LogP contribution in [0.1, 0.15) is 25.8 Å². The van der Waals surface area contributed by atoms with Crippen LogP contribution in [0.15, 0.2) is 66.7 Å². The average molecular weight is 671 g/mol. The van der Waals surface area contributed by atoms with E-state index < -0.39 is 58.5 Å². The van der Waals surface area contributed by atoms with Gasteiger partial charge in [-0.1, -0.05) is 38.1 Å². The third-order valence-electron chi connectivity index (χ3n) is 6.28. The van der Waals surface area contributed by atoms with E-state index in [-0.39, 0.29) is 86.5 Å². The van der Waals surface area contributed by atoms with Crippen molar-refractivity contribution in [2.24, 2.45) is 5.92 Å². The zero-order valence-corrected chi connectivity index (χ0v) is 29.3. The van der Waals surface area contributed by atoms with Gasteiger partial charge in [-0.3, -0.25) is 9.59 Å². The Hall–Kier alpha value is -2.92. The number of benzene rings is 3. The molecule has 11 nitrogen and oxygen atoms in total. The summed E-state index contributed by atoms with van der Waals surface area (Å²) >= 11 is 0. The SMILES string of the molecule is CC(C)CCN(C(=O)CNC(=O)Nc1cccc(CS(=O)(=O)[O-])c1)c1ccccc1OCC(=O)N(C)c1cc(F)cc(F)c1.[K+]. The number of carbonyl (C=O) groups is 3. The number of halogens is 2. The topological polar surface area (TPSA) is 148 Å². The van der Waals surface area contributed by atoms with Gasteiger partial charge in [0.15, 0.2) is 6.61 Å². The molecule has 0 fully saturated rings. The fourth-order valence-corrected chi connectivity index (χ4v) is 4.64.